The van der Waals surface area contributed by atoms with Gasteiger partial charge in [-0.2, -0.15) is 0 Å². The highest BCUT2D eigenvalue weighted by Crippen LogP contribution is 2.13. The van der Waals surface area contributed by atoms with Gasteiger partial charge in [-0.1, -0.05) is 71.9 Å². The second-order valence-electron chi connectivity index (χ2n) is 5.25. The molecule has 2 aromatic rings. The molecule has 24 heavy (non-hydrogen) atoms. The summed E-state index contributed by atoms with van der Waals surface area (Å²) in [6, 6.07) is 19.7. The van der Waals surface area contributed by atoms with E-state index in [4.69, 9.17) is 15.0 Å². The fourth-order valence-corrected chi connectivity index (χ4v) is 2.24. The zero-order chi connectivity index (χ0) is 17.0. The summed E-state index contributed by atoms with van der Waals surface area (Å²) in [6.45, 7) is 4.87. The molecular weight excluding hydrogens is 302 g/mol. The van der Waals surface area contributed by atoms with Crippen molar-refractivity contribution in [2.45, 2.75) is 25.4 Å². The van der Waals surface area contributed by atoms with Gasteiger partial charge < -0.3 is 9.47 Å². The average molecular weight is 323 g/mol. The Morgan fingerprint density at radius 2 is 1.50 bits per heavy atom. The molecule has 5 nitrogen and oxygen atoms in total. The summed E-state index contributed by atoms with van der Waals surface area (Å²) in [5.41, 5.74) is 10.7. The second-order valence-corrected chi connectivity index (χ2v) is 5.25. The van der Waals surface area contributed by atoms with Gasteiger partial charge in [0.2, 0.25) is 0 Å². The minimum atomic E-state index is -0.387. The SMILES string of the molecule is C=C[C@H](OCc1ccccc1)[C@@H](CN=[N+]=[N-])OCc1ccccc1. The average Bonchev–Trinajstić information content (AvgIpc) is 2.65. The highest BCUT2D eigenvalue weighted by molar-refractivity contribution is 5.14. The molecule has 0 unspecified atom stereocenters. The summed E-state index contributed by atoms with van der Waals surface area (Å²) in [4.78, 5) is 2.82. The van der Waals surface area contributed by atoms with E-state index in [0.29, 0.717) is 13.2 Å². The van der Waals surface area contributed by atoms with Crippen LogP contribution in [0.15, 0.2) is 78.4 Å². The number of azide groups is 1. The highest BCUT2D eigenvalue weighted by atomic mass is 16.5. The molecule has 0 spiro atoms. The fraction of sp³-hybridized carbons (Fsp3) is 0.263. The number of nitrogens with zero attached hydrogens (tertiary/aromatic N) is 3. The van der Waals surface area contributed by atoms with Crippen LogP contribution in [0.2, 0.25) is 0 Å². The summed E-state index contributed by atoms with van der Waals surface area (Å²) >= 11 is 0. The summed E-state index contributed by atoms with van der Waals surface area (Å²) in [6.07, 6.45) is 0.938. The third-order valence-corrected chi connectivity index (χ3v) is 3.52. The van der Waals surface area contributed by atoms with E-state index in [-0.39, 0.29) is 18.8 Å². The Morgan fingerprint density at radius 3 is 2.00 bits per heavy atom. The number of hydrogen-bond acceptors (Lipinski definition) is 3. The molecule has 0 aliphatic carbocycles. The molecule has 0 bridgehead atoms. The molecule has 0 aliphatic rings. The van der Waals surface area contributed by atoms with Crippen molar-refractivity contribution >= 4 is 0 Å². The van der Waals surface area contributed by atoms with E-state index in [2.05, 4.69) is 16.6 Å². The van der Waals surface area contributed by atoms with Gasteiger partial charge in [-0.25, -0.2) is 0 Å². The van der Waals surface area contributed by atoms with Crippen LogP contribution < -0.4 is 0 Å². The Labute approximate surface area is 142 Å². The Kier molecular flexibility index (Phi) is 7.57. The summed E-state index contributed by atoms with van der Waals surface area (Å²) in [5, 5.41) is 3.64. The standard InChI is InChI=1S/C19H21N3O2/c1-2-18(23-14-16-9-5-3-6-10-16)19(13-21-22-20)24-15-17-11-7-4-8-12-17/h2-12,18-19H,1,13-15H2/t18-,19+/m0/s1. The molecule has 2 atom stereocenters. The minimum absolute atomic E-state index is 0.189. The van der Waals surface area contributed by atoms with E-state index in [1.54, 1.807) is 6.08 Å². The molecule has 0 fully saturated rings. The number of hydrogen-bond donors (Lipinski definition) is 0. The predicted octanol–water partition coefficient (Wildman–Crippen LogP) is 4.65. The van der Waals surface area contributed by atoms with Gasteiger partial charge >= 0.3 is 0 Å². The summed E-state index contributed by atoms with van der Waals surface area (Å²) < 4.78 is 11.8. The van der Waals surface area contributed by atoms with Crippen LogP contribution >= 0.6 is 0 Å². The molecule has 2 aromatic carbocycles. The molecular formula is C19H21N3O2. The number of rotatable bonds is 10. The van der Waals surface area contributed by atoms with Crippen LogP contribution in [0.5, 0.6) is 0 Å². The number of ether oxygens (including phenoxy) is 2. The smallest absolute Gasteiger partial charge is 0.102 e. The van der Waals surface area contributed by atoms with Crippen molar-refractivity contribution in [3.63, 3.8) is 0 Å². The van der Waals surface area contributed by atoms with E-state index in [1.807, 2.05) is 60.7 Å². The zero-order valence-electron chi connectivity index (χ0n) is 13.5. The molecule has 0 amide bonds. The van der Waals surface area contributed by atoms with Gasteiger partial charge in [0.05, 0.1) is 25.9 Å². The maximum Gasteiger partial charge on any atom is 0.102 e. The van der Waals surface area contributed by atoms with Crippen molar-refractivity contribution in [2.75, 3.05) is 6.54 Å². The fourth-order valence-electron chi connectivity index (χ4n) is 2.24. The molecule has 2 rings (SSSR count). The van der Waals surface area contributed by atoms with Crippen molar-refractivity contribution in [3.8, 4) is 0 Å². The minimum Gasteiger partial charge on any atom is -0.370 e. The van der Waals surface area contributed by atoms with Crippen molar-refractivity contribution in [3.05, 3.63) is 94.9 Å². The molecule has 0 N–H and O–H groups in total. The van der Waals surface area contributed by atoms with Crippen molar-refractivity contribution in [1.82, 2.24) is 0 Å². The van der Waals surface area contributed by atoms with E-state index < -0.39 is 0 Å². The molecule has 0 aliphatic heterocycles. The van der Waals surface area contributed by atoms with E-state index in [0.717, 1.165) is 11.1 Å². The van der Waals surface area contributed by atoms with Gasteiger partial charge in [-0.05, 0) is 16.7 Å². The molecule has 124 valence electrons. The lowest BCUT2D eigenvalue weighted by molar-refractivity contribution is -0.0596. The topological polar surface area (TPSA) is 67.2 Å². The maximum atomic E-state index is 8.60. The molecule has 0 heterocycles. The van der Waals surface area contributed by atoms with Crippen LogP contribution in [-0.2, 0) is 22.7 Å². The van der Waals surface area contributed by atoms with Crippen LogP contribution in [0.4, 0.5) is 0 Å². The van der Waals surface area contributed by atoms with Crippen LogP contribution in [0.25, 0.3) is 10.4 Å². The summed E-state index contributed by atoms with van der Waals surface area (Å²) in [5.74, 6) is 0. The van der Waals surface area contributed by atoms with Crippen molar-refractivity contribution in [2.24, 2.45) is 5.11 Å². The van der Waals surface area contributed by atoms with E-state index in [9.17, 15) is 0 Å². The van der Waals surface area contributed by atoms with E-state index in [1.165, 1.54) is 0 Å². The lowest BCUT2D eigenvalue weighted by Gasteiger charge is -2.24. The van der Waals surface area contributed by atoms with Crippen LogP contribution in [0.1, 0.15) is 11.1 Å². The third-order valence-electron chi connectivity index (χ3n) is 3.52. The third kappa shape index (κ3) is 5.89. The second kappa shape index (κ2) is 10.2. The van der Waals surface area contributed by atoms with Crippen LogP contribution in [0, 0.1) is 0 Å². The molecule has 5 heteroatoms. The van der Waals surface area contributed by atoms with Gasteiger partial charge in [0.15, 0.2) is 0 Å². The first kappa shape index (κ1) is 17.8. The highest BCUT2D eigenvalue weighted by Gasteiger charge is 2.20. The Hall–Kier alpha value is -2.59. The quantitative estimate of drug-likeness (QED) is 0.276. The predicted molar refractivity (Wildman–Crippen MR) is 94.2 cm³/mol. The normalized spacial score (nSPS) is 12.8. The molecule has 0 aromatic heterocycles. The lowest BCUT2D eigenvalue weighted by atomic mass is 10.2. The van der Waals surface area contributed by atoms with Crippen LogP contribution in [0.3, 0.4) is 0 Å². The van der Waals surface area contributed by atoms with Crippen molar-refractivity contribution < 1.29 is 9.47 Å². The van der Waals surface area contributed by atoms with Crippen LogP contribution in [-0.4, -0.2) is 18.8 Å². The van der Waals surface area contributed by atoms with Gasteiger partial charge in [0.25, 0.3) is 0 Å². The molecule has 0 radical (unpaired) electrons. The Balaban J connectivity index is 1.97. The largest absolute Gasteiger partial charge is 0.370 e. The van der Waals surface area contributed by atoms with E-state index >= 15 is 0 Å². The first-order valence-corrected chi connectivity index (χ1v) is 7.78. The van der Waals surface area contributed by atoms with Gasteiger partial charge in [0, 0.05) is 4.91 Å². The Morgan fingerprint density at radius 1 is 0.958 bits per heavy atom. The molecule has 0 saturated heterocycles. The monoisotopic (exact) mass is 323 g/mol. The lowest BCUT2D eigenvalue weighted by Crippen LogP contribution is -2.32. The Bertz CT molecular complexity index is 655. The first-order valence-electron chi connectivity index (χ1n) is 7.78. The van der Waals surface area contributed by atoms with Gasteiger partial charge in [-0.15, -0.1) is 6.58 Å². The molecule has 0 saturated carbocycles. The first-order chi connectivity index (χ1) is 11.8. The van der Waals surface area contributed by atoms with Crippen molar-refractivity contribution in [1.29, 1.82) is 0 Å². The maximum absolute atomic E-state index is 8.60. The number of benzene rings is 2. The van der Waals surface area contributed by atoms with Gasteiger partial charge in [0.1, 0.15) is 6.10 Å². The van der Waals surface area contributed by atoms with Gasteiger partial charge in [-0.3, -0.25) is 0 Å². The summed E-state index contributed by atoms with van der Waals surface area (Å²) in [7, 11) is 0. The zero-order valence-corrected chi connectivity index (χ0v) is 13.5.